The maximum atomic E-state index is 11.4. The van der Waals surface area contributed by atoms with Crippen LogP contribution in [0.4, 0.5) is 0 Å². The van der Waals surface area contributed by atoms with E-state index in [1.54, 1.807) is 24.5 Å². The topological polar surface area (TPSA) is 42.0 Å². The highest BCUT2D eigenvalue weighted by molar-refractivity contribution is 9.09. The monoisotopic (exact) mass is 242 g/mol. The number of nitrogens with zero attached hydrogens (tertiary/aromatic N) is 1. The third kappa shape index (κ3) is 3.55. The summed E-state index contributed by atoms with van der Waals surface area (Å²) in [6, 6.07) is 3.40. The summed E-state index contributed by atoms with van der Waals surface area (Å²) < 4.78 is 0. The second-order valence-electron chi connectivity index (χ2n) is 2.53. The van der Waals surface area contributed by atoms with Crippen molar-refractivity contribution in [2.24, 2.45) is 0 Å². The number of carbonyl (C=O) groups excluding carboxylic acids is 1. The number of pyridine rings is 1. The molecule has 3 nitrogen and oxygen atoms in total. The molecule has 0 fully saturated rings. The maximum absolute atomic E-state index is 11.4. The highest BCUT2D eigenvalue weighted by atomic mass is 79.9. The minimum atomic E-state index is -0.0386. The second kappa shape index (κ2) is 5.70. The number of amides is 1. The molecule has 0 spiro atoms. The Balaban J connectivity index is 2.40. The van der Waals surface area contributed by atoms with E-state index in [-0.39, 0.29) is 5.91 Å². The number of aromatic nitrogens is 1. The van der Waals surface area contributed by atoms with Gasteiger partial charge >= 0.3 is 0 Å². The average Bonchev–Trinajstić information content (AvgIpc) is 2.19. The summed E-state index contributed by atoms with van der Waals surface area (Å²) >= 11 is 3.29. The molecule has 1 aromatic heterocycles. The second-order valence-corrected chi connectivity index (χ2v) is 3.33. The van der Waals surface area contributed by atoms with E-state index in [2.05, 4.69) is 26.2 Å². The first-order valence-electron chi connectivity index (χ1n) is 4.09. The van der Waals surface area contributed by atoms with Gasteiger partial charge in [0.25, 0.3) is 5.91 Å². The van der Waals surface area contributed by atoms with Crippen LogP contribution in [0.1, 0.15) is 16.8 Å². The van der Waals surface area contributed by atoms with Crippen molar-refractivity contribution < 1.29 is 4.79 Å². The van der Waals surface area contributed by atoms with Gasteiger partial charge in [0.05, 0.1) is 0 Å². The Labute approximate surface area is 85.7 Å². The lowest BCUT2D eigenvalue weighted by Crippen LogP contribution is -2.24. The van der Waals surface area contributed by atoms with Crippen LogP contribution in [0, 0.1) is 0 Å². The van der Waals surface area contributed by atoms with E-state index >= 15 is 0 Å². The molecule has 1 N–H and O–H groups in total. The van der Waals surface area contributed by atoms with Crippen LogP contribution in [-0.2, 0) is 0 Å². The van der Waals surface area contributed by atoms with Gasteiger partial charge < -0.3 is 5.32 Å². The summed E-state index contributed by atoms with van der Waals surface area (Å²) in [6.07, 6.45) is 4.16. The molecule has 0 aliphatic heterocycles. The predicted octanol–water partition coefficient (Wildman–Crippen LogP) is 1.60. The van der Waals surface area contributed by atoms with Crippen molar-refractivity contribution >= 4 is 21.8 Å². The number of halogens is 1. The quantitative estimate of drug-likeness (QED) is 0.644. The largest absolute Gasteiger partial charge is 0.352 e. The third-order valence-corrected chi connectivity index (χ3v) is 2.10. The SMILES string of the molecule is O=C(NCCCBr)c1ccncc1. The molecule has 13 heavy (non-hydrogen) atoms. The van der Waals surface area contributed by atoms with Gasteiger partial charge in [0.1, 0.15) is 0 Å². The average molecular weight is 243 g/mol. The molecule has 0 bridgehead atoms. The van der Waals surface area contributed by atoms with Crippen molar-refractivity contribution in [2.45, 2.75) is 6.42 Å². The lowest BCUT2D eigenvalue weighted by atomic mass is 10.2. The third-order valence-electron chi connectivity index (χ3n) is 1.54. The van der Waals surface area contributed by atoms with Gasteiger partial charge in [-0.15, -0.1) is 0 Å². The lowest BCUT2D eigenvalue weighted by molar-refractivity contribution is 0.0953. The normalized spacial score (nSPS) is 9.62. The van der Waals surface area contributed by atoms with E-state index < -0.39 is 0 Å². The molecule has 1 amide bonds. The molecule has 1 rings (SSSR count). The fourth-order valence-electron chi connectivity index (χ4n) is 0.874. The van der Waals surface area contributed by atoms with Crippen LogP contribution in [0.15, 0.2) is 24.5 Å². The number of carbonyl (C=O) groups is 1. The fraction of sp³-hybridized carbons (Fsp3) is 0.333. The number of nitrogens with one attached hydrogen (secondary N) is 1. The zero-order chi connectivity index (χ0) is 9.52. The molecular formula is C9H11BrN2O. The fourth-order valence-corrected chi connectivity index (χ4v) is 1.15. The Morgan fingerprint density at radius 2 is 2.15 bits per heavy atom. The van der Waals surface area contributed by atoms with Crippen LogP contribution >= 0.6 is 15.9 Å². The summed E-state index contributed by atoms with van der Waals surface area (Å²) in [7, 11) is 0. The van der Waals surface area contributed by atoms with Gasteiger partial charge in [-0.2, -0.15) is 0 Å². The van der Waals surface area contributed by atoms with Crippen molar-refractivity contribution in [2.75, 3.05) is 11.9 Å². The van der Waals surface area contributed by atoms with E-state index in [9.17, 15) is 4.79 Å². The molecular weight excluding hydrogens is 232 g/mol. The molecule has 0 radical (unpaired) electrons. The molecule has 0 saturated carbocycles. The minimum Gasteiger partial charge on any atom is -0.352 e. The van der Waals surface area contributed by atoms with Crippen molar-refractivity contribution in [1.29, 1.82) is 0 Å². The van der Waals surface area contributed by atoms with Crippen LogP contribution in [0.2, 0.25) is 0 Å². The minimum absolute atomic E-state index is 0.0386. The summed E-state index contributed by atoms with van der Waals surface area (Å²) in [5.74, 6) is -0.0386. The highest BCUT2D eigenvalue weighted by Gasteiger charge is 2.01. The van der Waals surface area contributed by atoms with Gasteiger partial charge in [0.15, 0.2) is 0 Å². The van der Waals surface area contributed by atoms with Gasteiger partial charge in [-0.05, 0) is 18.6 Å². The van der Waals surface area contributed by atoms with Crippen molar-refractivity contribution in [3.63, 3.8) is 0 Å². The first-order chi connectivity index (χ1) is 6.34. The van der Waals surface area contributed by atoms with Crippen LogP contribution in [0.3, 0.4) is 0 Å². The molecule has 0 aliphatic carbocycles. The Kier molecular flexibility index (Phi) is 4.46. The zero-order valence-corrected chi connectivity index (χ0v) is 8.75. The number of hydrogen-bond acceptors (Lipinski definition) is 2. The molecule has 70 valence electrons. The molecule has 0 unspecified atom stereocenters. The summed E-state index contributed by atoms with van der Waals surface area (Å²) in [4.78, 5) is 15.2. The van der Waals surface area contributed by atoms with Crippen molar-refractivity contribution in [3.05, 3.63) is 30.1 Å². The van der Waals surface area contributed by atoms with E-state index in [1.807, 2.05) is 0 Å². The molecule has 1 aromatic rings. The summed E-state index contributed by atoms with van der Waals surface area (Å²) in [5, 5.41) is 3.71. The maximum Gasteiger partial charge on any atom is 0.251 e. The lowest BCUT2D eigenvalue weighted by Gasteiger charge is -2.02. The number of hydrogen-bond donors (Lipinski definition) is 1. The van der Waals surface area contributed by atoms with Crippen LogP contribution in [0.25, 0.3) is 0 Å². The van der Waals surface area contributed by atoms with Crippen molar-refractivity contribution in [1.82, 2.24) is 10.3 Å². The highest BCUT2D eigenvalue weighted by Crippen LogP contribution is 1.95. The van der Waals surface area contributed by atoms with Gasteiger partial charge in [0, 0.05) is 29.8 Å². The van der Waals surface area contributed by atoms with Gasteiger partial charge in [-0.25, -0.2) is 0 Å². The van der Waals surface area contributed by atoms with Crippen LogP contribution in [-0.4, -0.2) is 22.8 Å². The molecule has 0 saturated heterocycles. The molecule has 4 heteroatoms. The summed E-state index contributed by atoms with van der Waals surface area (Å²) in [5.41, 5.74) is 0.657. The molecule has 0 aliphatic rings. The Morgan fingerprint density at radius 3 is 2.77 bits per heavy atom. The molecule has 0 atom stereocenters. The van der Waals surface area contributed by atoms with Gasteiger partial charge in [0.2, 0.25) is 0 Å². The first kappa shape index (κ1) is 10.2. The van der Waals surface area contributed by atoms with E-state index in [0.29, 0.717) is 12.1 Å². The zero-order valence-electron chi connectivity index (χ0n) is 7.16. The molecule has 0 aromatic carbocycles. The Morgan fingerprint density at radius 1 is 1.46 bits per heavy atom. The molecule has 1 heterocycles. The van der Waals surface area contributed by atoms with Gasteiger partial charge in [-0.3, -0.25) is 9.78 Å². The standard InChI is InChI=1S/C9H11BrN2O/c10-4-1-5-12-9(13)8-2-6-11-7-3-8/h2-3,6-7H,1,4-5H2,(H,12,13). The smallest absolute Gasteiger partial charge is 0.251 e. The number of alkyl halides is 1. The van der Waals surface area contributed by atoms with E-state index in [0.717, 1.165) is 11.8 Å². The van der Waals surface area contributed by atoms with Gasteiger partial charge in [-0.1, -0.05) is 15.9 Å². The van der Waals surface area contributed by atoms with Crippen LogP contribution in [0.5, 0.6) is 0 Å². The first-order valence-corrected chi connectivity index (χ1v) is 5.21. The Bertz CT molecular complexity index is 264. The van der Waals surface area contributed by atoms with E-state index in [4.69, 9.17) is 0 Å². The van der Waals surface area contributed by atoms with E-state index in [1.165, 1.54) is 0 Å². The number of rotatable bonds is 4. The predicted molar refractivity (Wildman–Crippen MR) is 55.0 cm³/mol. The Hall–Kier alpha value is -0.900. The van der Waals surface area contributed by atoms with Crippen LogP contribution < -0.4 is 5.32 Å². The summed E-state index contributed by atoms with van der Waals surface area (Å²) in [6.45, 7) is 0.701. The van der Waals surface area contributed by atoms with Crippen molar-refractivity contribution in [3.8, 4) is 0 Å².